The minimum absolute atomic E-state index is 0.358. The smallest absolute Gasteiger partial charge is 0.326 e. The van der Waals surface area contributed by atoms with Crippen LogP contribution in [0, 0.1) is 6.92 Å². The summed E-state index contributed by atoms with van der Waals surface area (Å²) in [6.45, 7) is 4.15. The van der Waals surface area contributed by atoms with E-state index in [2.05, 4.69) is 20.8 Å². The van der Waals surface area contributed by atoms with E-state index in [9.17, 15) is 9.59 Å². The van der Waals surface area contributed by atoms with Crippen LogP contribution in [0.4, 0.5) is 4.79 Å². The normalized spacial score (nSPS) is 11.9. The van der Waals surface area contributed by atoms with Crippen molar-refractivity contribution in [2.24, 2.45) is 0 Å². The highest BCUT2D eigenvalue weighted by Gasteiger charge is 2.16. The zero-order chi connectivity index (χ0) is 14.3. The number of aromatic nitrogens is 2. The molecule has 2 amide bonds. The average Bonchev–Trinajstić information content (AvgIpc) is 2.77. The standard InChI is InChI=1S/C12H20N4O3/c1-3-10(11(17)18)15-12(19)13-6-4-5-9-7-14-16-8(9)2/h7,10H,3-6H2,1-2H3,(H,14,16)(H,17,18)(H2,13,15,19)/t10-/m1/s1. The summed E-state index contributed by atoms with van der Waals surface area (Å²) in [5.41, 5.74) is 2.15. The number of carboxylic acid groups (broad SMARTS) is 1. The molecule has 7 nitrogen and oxygen atoms in total. The molecule has 0 unspecified atom stereocenters. The largest absolute Gasteiger partial charge is 0.480 e. The highest BCUT2D eigenvalue weighted by atomic mass is 16.4. The maximum absolute atomic E-state index is 11.4. The lowest BCUT2D eigenvalue weighted by Gasteiger charge is -2.13. The molecule has 0 radical (unpaired) electrons. The maximum Gasteiger partial charge on any atom is 0.326 e. The molecule has 0 aromatic carbocycles. The number of hydrogen-bond donors (Lipinski definition) is 4. The van der Waals surface area contributed by atoms with Gasteiger partial charge in [-0.25, -0.2) is 9.59 Å². The Morgan fingerprint density at radius 1 is 1.53 bits per heavy atom. The van der Waals surface area contributed by atoms with Crippen LogP contribution in [0.3, 0.4) is 0 Å². The molecule has 106 valence electrons. The van der Waals surface area contributed by atoms with E-state index < -0.39 is 18.0 Å². The third kappa shape index (κ3) is 4.99. The van der Waals surface area contributed by atoms with Crippen molar-refractivity contribution in [3.63, 3.8) is 0 Å². The lowest BCUT2D eigenvalue weighted by atomic mass is 10.1. The van der Waals surface area contributed by atoms with Gasteiger partial charge in [0.1, 0.15) is 6.04 Å². The first-order valence-corrected chi connectivity index (χ1v) is 6.30. The fourth-order valence-electron chi connectivity index (χ4n) is 1.66. The summed E-state index contributed by atoms with van der Waals surface area (Å²) in [6.07, 6.45) is 3.72. The first-order valence-electron chi connectivity index (χ1n) is 6.30. The van der Waals surface area contributed by atoms with Gasteiger partial charge in [-0.05, 0) is 31.7 Å². The minimum Gasteiger partial charge on any atom is -0.480 e. The van der Waals surface area contributed by atoms with Crippen molar-refractivity contribution in [2.45, 2.75) is 39.2 Å². The molecule has 0 aliphatic carbocycles. The molecule has 0 aliphatic rings. The highest BCUT2D eigenvalue weighted by Crippen LogP contribution is 2.04. The van der Waals surface area contributed by atoms with Crippen molar-refractivity contribution in [3.8, 4) is 0 Å². The number of H-pyrrole nitrogens is 1. The zero-order valence-electron chi connectivity index (χ0n) is 11.2. The van der Waals surface area contributed by atoms with Crippen molar-refractivity contribution in [1.82, 2.24) is 20.8 Å². The van der Waals surface area contributed by atoms with Crippen molar-refractivity contribution in [1.29, 1.82) is 0 Å². The van der Waals surface area contributed by atoms with Gasteiger partial charge in [-0.15, -0.1) is 0 Å². The van der Waals surface area contributed by atoms with Gasteiger partial charge in [-0.1, -0.05) is 6.92 Å². The Morgan fingerprint density at radius 2 is 2.26 bits per heavy atom. The quantitative estimate of drug-likeness (QED) is 0.549. The highest BCUT2D eigenvalue weighted by molar-refractivity contribution is 5.82. The van der Waals surface area contributed by atoms with Crippen LogP contribution < -0.4 is 10.6 Å². The van der Waals surface area contributed by atoms with Crippen LogP contribution in [-0.4, -0.2) is 39.9 Å². The van der Waals surface area contributed by atoms with E-state index in [1.165, 1.54) is 0 Å². The van der Waals surface area contributed by atoms with E-state index in [1.807, 2.05) is 6.92 Å². The lowest BCUT2D eigenvalue weighted by Crippen LogP contribution is -2.45. The fourth-order valence-corrected chi connectivity index (χ4v) is 1.66. The number of aryl methyl sites for hydroxylation is 2. The van der Waals surface area contributed by atoms with Crippen molar-refractivity contribution >= 4 is 12.0 Å². The maximum atomic E-state index is 11.4. The van der Waals surface area contributed by atoms with E-state index in [4.69, 9.17) is 5.11 Å². The Labute approximate surface area is 111 Å². The van der Waals surface area contributed by atoms with Gasteiger partial charge in [-0.3, -0.25) is 5.10 Å². The molecular weight excluding hydrogens is 248 g/mol. The molecule has 0 saturated carbocycles. The number of nitrogens with one attached hydrogen (secondary N) is 3. The zero-order valence-corrected chi connectivity index (χ0v) is 11.2. The molecule has 1 rings (SSSR count). The number of aromatic amines is 1. The SMILES string of the molecule is CC[C@@H](NC(=O)NCCCc1cn[nH]c1C)C(=O)O. The van der Waals surface area contributed by atoms with Crippen LogP contribution in [0.15, 0.2) is 6.20 Å². The average molecular weight is 268 g/mol. The monoisotopic (exact) mass is 268 g/mol. The molecule has 4 N–H and O–H groups in total. The summed E-state index contributed by atoms with van der Waals surface area (Å²) in [6, 6.07) is -1.28. The second-order valence-corrected chi connectivity index (χ2v) is 4.32. The molecule has 0 aliphatic heterocycles. The van der Waals surface area contributed by atoms with Crippen LogP contribution in [0.5, 0.6) is 0 Å². The van der Waals surface area contributed by atoms with Gasteiger partial charge >= 0.3 is 12.0 Å². The number of nitrogens with zero attached hydrogens (tertiary/aromatic N) is 1. The topological polar surface area (TPSA) is 107 Å². The number of rotatable bonds is 7. The predicted molar refractivity (Wildman–Crippen MR) is 69.9 cm³/mol. The lowest BCUT2D eigenvalue weighted by molar-refractivity contribution is -0.139. The Balaban J connectivity index is 2.20. The third-order valence-electron chi connectivity index (χ3n) is 2.85. The number of carbonyl (C=O) groups excluding carboxylic acids is 1. The van der Waals surface area contributed by atoms with E-state index >= 15 is 0 Å². The molecule has 0 fully saturated rings. The van der Waals surface area contributed by atoms with Crippen molar-refractivity contribution in [3.05, 3.63) is 17.5 Å². The molecule has 0 bridgehead atoms. The molecular formula is C12H20N4O3. The van der Waals surface area contributed by atoms with Crippen molar-refractivity contribution < 1.29 is 14.7 Å². The van der Waals surface area contributed by atoms with Crippen LogP contribution in [-0.2, 0) is 11.2 Å². The van der Waals surface area contributed by atoms with Gasteiger partial charge in [0.05, 0.1) is 6.20 Å². The van der Waals surface area contributed by atoms with E-state index in [1.54, 1.807) is 13.1 Å². The first-order chi connectivity index (χ1) is 9.04. The summed E-state index contributed by atoms with van der Waals surface area (Å²) >= 11 is 0. The minimum atomic E-state index is -1.02. The molecule has 7 heteroatoms. The predicted octanol–water partition coefficient (Wildman–Crippen LogP) is 0.813. The van der Waals surface area contributed by atoms with Crippen LogP contribution in [0.1, 0.15) is 31.0 Å². The summed E-state index contributed by atoms with van der Waals surface area (Å²) in [5, 5.41) is 20.6. The molecule has 0 spiro atoms. The molecule has 19 heavy (non-hydrogen) atoms. The van der Waals surface area contributed by atoms with Crippen LogP contribution >= 0.6 is 0 Å². The molecule has 0 saturated heterocycles. The van der Waals surface area contributed by atoms with Gasteiger partial charge < -0.3 is 15.7 Å². The molecule has 1 aromatic rings. The Bertz CT molecular complexity index is 430. The van der Waals surface area contributed by atoms with Crippen LogP contribution in [0.25, 0.3) is 0 Å². The molecule has 1 atom stereocenters. The third-order valence-corrected chi connectivity index (χ3v) is 2.85. The summed E-state index contributed by atoms with van der Waals surface area (Å²) in [4.78, 5) is 22.2. The van der Waals surface area contributed by atoms with Gasteiger partial charge in [0, 0.05) is 12.2 Å². The van der Waals surface area contributed by atoms with E-state index in [-0.39, 0.29) is 0 Å². The molecule has 1 aromatic heterocycles. The number of carboxylic acids is 1. The number of aliphatic carboxylic acids is 1. The van der Waals surface area contributed by atoms with Gasteiger partial charge in [0.25, 0.3) is 0 Å². The van der Waals surface area contributed by atoms with Gasteiger partial charge in [0.2, 0.25) is 0 Å². The second kappa shape index (κ2) is 7.40. The second-order valence-electron chi connectivity index (χ2n) is 4.32. The Kier molecular flexibility index (Phi) is 5.84. The fraction of sp³-hybridized carbons (Fsp3) is 0.583. The Morgan fingerprint density at radius 3 is 2.79 bits per heavy atom. The Hall–Kier alpha value is -2.05. The van der Waals surface area contributed by atoms with Gasteiger partial charge in [0.15, 0.2) is 0 Å². The van der Waals surface area contributed by atoms with E-state index in [0.29, 0.717) is 13.0 Å². The number of carbonyl (C=O) groups is 2. The summed E-state index contributed by atoms with van der Waals surface area (Å²) in [5.74, 6) is -1.02. The van der Waals surface area contributed by atoms with Gasteiger partial charge in [-0.2, -0.15) is 5.10 Å². The first kappa shape index (κ1) is 15.0. The van der Waals surface area contributed by atoms with Crippen LogP contribution in [0.2, 0.25) is 0 Å². The number of amides is 2. The summed E-state index contributed by atoms with van der Waals surface area (Å²) < 4.78 is 0. The van der Waals surface area contributed by atoms with Crippen molar-refractivity contribution in [2.75, 3.05) is 6.54 Å². The number of hydrogen-bond acceptors (Lipinski definition) is 3. The molecule has 1 heterocycles. The van der Waals surface area contributed by atoms with E-state index in [0.717, 1.165) is 24.1 Å². The summed E-state index contributed by atoms with van der Waals surface area (Å²) in [7, 11) is 0. The number of urea groups is 1.